The van der Waals surface area contributed by atoms with E-state index in [4.69, 9.17) is 4.74 Å². The number of nitrogens with zero attached hydrogens (tertiary/aromatic N) is 3. The maximum atomic E-state index is 14.1. The number of thiol groups is 1. The molecule has 0 bridgehead atoms. The first-order chi connectivity index (χ1) is 30.7. The summed E-state index contributed by atoms with van der Waals surface area (Å²) in [5, 5.41) is 5.09. The molecule has 3 aromatic rings. The average molecular weight is 919 g/mol. The van der Waals surface area contributed by atoms with Crippen molar-refractivity contribution >= 4 is 66.9 Å². The molecule has 3 aliphatic rings. The zero-order valence-electron chi connectivity index (χ0n) is 36.6. The number of benzene rings is 3. The molecule has 16 heteroatoms. The summed E-state index contributed by atoms with van der Waals surface area (Å²) in [4.78, 5) is 60.8. The van der Waals surface area contributed by atoms with Gasteiger partial charge in [-0.15, -0.1) is 0 Å². The Labute approximate surface area is 378 Å². The molecule has 3 heterocycles. The molecule has 0 unspecified atom stereocenters. The van der Waals surface area contributed by atoms with Gasteiger partial charge < -0.3 is 19.9 Å². The van der Waals surface area contributed by atoms with Gasteiger partial charge in [0.1, 0.15) is 34.3 Å². The second-order valence-electron chi connectivity index (χ2n) is 17.3. The summed E-state index contributed by atoms with van der Waals surface area (Å²) in [5.74, 6) is -2.73. The highest BCUT2D eigenvalue weighted by Gasteiger charge is 2.41. The standard InChI is InChI=1S/C48H62N4O10S2/c1-3-4-11-37-33-41(23-18-34(37)2)62-48(56)44-16-9-29-52(44)47(55)42(25-31-64(59,60)61)49-46(54)43-15-8-26-50(43)27-10-17-45(53)36(24-30-63(57)58)20-21-39-14-7-28-51(39)40-22-19-35-12-5-6-13-38(35)32-40/h3-6,11-13,18-19,22-23,32-33,36,39,42-44,63H,1,7-10,14-17,20-21,24-31H2,2H3,(H,49,54)(H,59,60,61)/b11-4-/t36-,39-,42-,43-,44-/m0/s1. The van der Waals surface area contributed by atoms with Gasteiger partial charge in [0, 0.05) is 42.9 Å². The molecule has 3 fully saturated rings. The van der Waals surface area contributed by atoms with Crippen LogP contribution in [0, 0.1) is 12.8 Å². The average Bonchev–Trinajstić information content (AvgIpc) is 4.07. The molecule has 0 aromatic heterocycles. The van der Waals surface area contributed by atoms with Gasteiger partial charge in [-0.2, -0.15) is 8.42 Å². The van der Waals surface area contributed by atoms with Crippen molar-refractivity contribution < 1.29 is 45.3 Å². The highest BCUT2D eigenvalue weighted by molar-refractivity contribution is 7.85. The van der Waals surface area contributed by atoms with Crippen molar-refractivity contribution in [3.63, 3.8) is 0 Å². The molecule has 0 aliphatic carbocycles. The number of aryl methyl sites for hydroxylation is 1. The molecule has 2 N–H and O–H groups in total. The van der Waals surface area contributed by atoms with E-state index in [0.29, 0.717) is 57.4 Å². The summed E-state index contributed by atoms with van der Waals surface area (Å²) in [6.45, 7) is 7.71. The molecule has 0 saturated carbocycles. The first kappa shape index (κ1) is 48.6. The van der Waals surface area contributed by atoms with E-state index >= 15 is 0 Å². The summed E-state index contributed by atoms with van der Waals surface area (Å²) in [6, 6.07) is 17.2. The minimum absolute atomic E-state index is 0.00854. The molecule has 64 heavy (non-hydrogen) atoms. The third-order valence-electron chi connectivity index (χ3n) is 12.9. The highest BCUT2D eigenvalue weighted by Crippen LogP contribution is 2.32. The van der Waals surface area contributed by atoms with Gasteiger partial charge in [-0.25, -0.2) is 13.2 Å². The van der Waals surface area contributed by atoms with Crippen molar-refractivity contribution in [2.24, 2.45) is 5.92 Å². The number of fused-ring (bicyclic) bond motifs is 1. The largest absolute Gasteiger partial charge is 0.425 e. The lowest BCUT2D eigenvalue weighted by molar-refractivity contribution is -0.147. The molecule has 2 amide bonds. The van der Waals surface area contributed by atoms with E-state index in [1.165, 1.54) is 15.7 Å². The maximum absolute atomic E-state index is 14.1. The number of hydrogen-bond acceptors (Lipinski definition) is 11. The van der Waals surface area contributed by atoms with Gasteiger partial charge >= 0.3 is 5.97 Å². The second kappa shape index (κ2) is 22.8. The molecule has 0 spiro atoms. The lowest BCUT2D eigenvalue weighted by Gasteiger charge is -2.30. The smallest absolute Gasteiger partial charge is 0.334 e. The SMILES string of the molecule is C=C/C=C\c1cc(OC(=O)[C@@H]2CCCN2C(=O)[C@H](CCS(=O)(=O)O)NC(=O)[C@@H]2CCCN2CCCC(=O)[C@@H](CC[C@@H]2CCCN2c2ccc3ccccc3c2)CC[SH](=O)=O)ccc1C. The number of ketones is 1. The number of anilines is 1. The van der Waals surface area contributed by atoms with Crippen molar-refractivity contribution in [3.8, 4) is 5.75 Å². The Morgan fingerprint density at radius 2 is 1.67 bits per heavy atom. The van der Waals surface area contributed by atoms with E-state index in [0.717, 1.165) is 42.6 Å². The Hall–Kier alpha value is -4.90. The minimum Gasteiger partial charge on any atom is -0.425 e. The van der Waals surface area contributed by atoms with Gasteiger partial charge in [0.15, 0.2) is 0 Å². The molecule has 3 aliphatic heterocycles. The number of likely N-dealkylation sites (tertiary alicyclic amines) is 2. The van der Waals surface area contributed by atoms with Crippen LogP contribution in [0.2, 0.25) is 0 Å². The number of ether oxygens (including phenoxy) is 1. The van der Waals surface area contributed by atoms with E-state index in [9.17, 15) is 40.6 Å². The van der Waals surface area contributed by atoms with Crippen LogP contribution in [0.1, 0.15) is 88.2 Å². The molecular formula is C48H62N4O10S2. The van der Waals surface area contributed by atoms with Crippen LogP contribution in [0.4, 0.5) is 5.69 Å². The van der Waals surface area contributed by atoms with Gasteiger partial charge in [0.05, 0.1) is 11.8 Å². The fraction of sp³-hybridized carbons (Fsp3) is 0.500. The number of carbonyl (C=O) groups excluding carboxylic acids is 4. The number of allylic oxidation sites excluding steroid dienone is 2. The van der Waals surface area contributed by atoms with Crippen LogP contribution >= 0.6 is 0 Å². The molecule has 3 aromatic carbocycles. The van der Waals surface area contributed by atoms with Crippen LogP contribution in [-0.4, -0.2) is 117 Å². The van der Waals surface area contributed by atoms with E-state index in [-0.39, 0.29) is 37.0 Å². The Balaban J connectivity index is 1.05. The first-order valence-electron chi connectivity index (χ1n) is 22.5. The first-order valence-corrected chi connectivity index (χ1v) is 25.5. The summed E-state index contributed by atoms with van der Waals surface area (Å²) in [6.07, 6.45) is 11.1. The molecule has 346 valence electrons. The molecule has 5 atom stereocenters. The van der Waals surface area contributed by atoms with Gasteiger partial charge in [-0.1, -0.05) is 61.2 Å². The van der Waals surface area contributed by atoms with Gasteiger partial charge in [-0.05, 0) is 137 Å². The van der Waals surface area contributed by atoms with Crippen molar-refractivity contribution in [2.45, 2.75) is 108 Å². The number of rotatable bonds is 22. The maximum Gasteiger partial charge on any atom is 0.334 e. The van der Waals surface area contributed by atoms with Crippen molar-refractivity contribution in [1.29, 1.82) is 0 Å². The normalized spacial score (nSPS) is 20.3. The van der Waals surface area contributed by atoms with Gasteiger partial charge in [-0.3, -0.25) is 23.8 Å². The Bertz CT molecular complexity index is 2380. The van der Waals surface area contributed by atoms with E-state index < -0.39 is 74.8 Å². The van der Waals surface area contributed by atoms with Crippen LogP contribution in [0.5, 0.6) is 5.75 Å². The topological polar surface area (TPSA) is 188 Å². The lowest BCUT2D eigenvalue weighted by Crippen LogP contribution is -2.55. The van der Waals surface area contributed by atoms with Crippen LogP contribution < -0.4 is 15.0 Å². The van der Waals surface area contributed by atoms with E-state index in [1.807, 2.05) is 36.1 Å². The number of esters is 1. The molecule has 14 nitrogen and oxygen atoms in total. The Kier molecular flexibility index (Phi) is 17.3. The number of amides is 2. The number of nitrogens with one attached hydrogen (secondary N) is 1. The minimum atomic E-state index is -4.50. The summed E-state index contributed by atoms with van der Waals surface area (Å²) < 4.78 is 62.3. The van der Waals surface area contributed by atoms with Crippen LogP contribution in [0.25, 0.3) is 16.8 Å². The van der Waals surface area contributed by atoms with Crippen LogP contribution in [-0.2, 0) is 40.0 Å². The predicted octanol–water partition coefficient (Wildman–Crippen LogP) is 5.89. The van der Waals surface area contributed by atoms with Crippen molar-refractivity contribution in [2.75, 3.05) is 42.6 Å². The molecule has 3 saturated heterocycles. The molecule has 6 rings (SSSR count). The fourth-order valence-electron chi connectivity index (χ4n) is 9.49. The predicted molar refractivity (Wildman–Crippen MR) is 249 cm³/mol. The third-order valence-corrected chi connectivity index (χ3v) is 14.3. The second-order valence-corrected chi connectivity index (χ2v) is 19.9. The number of Topliss-reactive ketones (excluding diaryl/α,β-unsaturated/α-hetero) is 1. The molecule has 0 radical (unpaired) electrons. The van der Waals surface area contributed by atoms with Crippen molar-refractivity contribution in [1.82, 2.24) is 15.1 Å². The zero-order chi connectivity index (χ0) is 45.8. The van der Waals surface area contributed by atoms with E-state index in [2.05, 4.69) is 47.1 Å². The van der Waals surface area contributed by atoms with Crippen LogP contribution in [0.15, 0.2) is 79.4 Å². The zero-order valence-corrected chi connectivity index (χ0v) is 38.4. The summed E-state index contributed by atoms with van der Waals surface area (Å²) >= 11 is 0. The quantitative estimate of drug-likeness (QED) is 0.0358. The highest BCUT2D eigenvalue weighted by atomic mass is 32.2. The van der Waals surface area contributed by atoms with E-state index in [1.54, 1.807) is 24.3 Å². The summed E-state index contributed by atoms with van der Waals surface area (Å²) in [7, 11) is -7.14. The van der Waals surface area contributed by atoms with Crippen LogP contribution in [0.3, 0.4) is 0 Å². The fourth-order valence-corrected chi connectivity index (χ4v) is 10.5. The van der Waals surface area contributed by atoms with Crippen molar-refractivity contribution in [3.05, 3.63) is 90.5 Å². The monoisotopic (exact) mass is 918 g/mol. The molecular weight excluding hydrogens is 857 g/mol. The van der Waals surface area contributed by atoms with Gasteiger partial charge in [0.25, 0.3) is 10.1 Å². The third kappa shape index (κ3) is 13.3. The number of carbonyl (C=O) groups is 4. The summed E-state index contributed by atoms with van der Waals surface area (Å²) in [5.41, 5.74) is 2.93. The lowest BCUT2D eigenvalue weighted by atomic mass is 9.90. The number of hydrogen-bond donors (Lipinski definition) is 3. The Morgan fingerprint density at radius 3 is 2.44 bits per heavy atom. The Morgan fingerprint density at radius 1 is 0.922 bits per heavy atom. The van der Waals surface area contributed by atoms with Gasteiger partial charge in [0.2, 0.25) is 11.8 Å².